The van der Waals surface area contributed by atoms with Crippen LogP contribution in [0.1, 0.15) is 18.4 Å². The number of amides is 1. The molecule has 1 unspecified atom stereocenters. The minimum Gasteiger partial charge on any atom is -0.445 e. The number of nitriles is 1. The van der Waals surface area contributed by atoms with Crippen molar-refractivity contribution in [2.45, 2.75) is 31.4 Å². The third-order valence-electron chi connectivity index (χ3n) is 3.15. The molecule has 1 saturated heterocycles. The highest BCUT2D eigenvalue weighted by atomic mass is 19.3. The number of alkyl halides is 2. The molecule has 1 aliphatic rings. The predicted octanol–water partition coefficient (Wildman–Crippen LogP) is 2.95. The highest BCUT2D eigenvalue weighted by molar-refractivity contribution is 5.69. The Morgan fingerprint density at radius 2 is 2.15 bits per heavy atom. The van der Waals surface area contributed by atoms with Gasteiger partial charge >= 0.3 is 6.09 Å². The van der Waals surface area contributed by atoms with Gasteiger partial charge in [0.15, 0.2) is 0 Å². The van der Waals surface area contributed by atoms with E-state index in [4.69, 9.17) is 10.00 Å². The lowest BCUT2D eigenvalue weighted by molar-refractivity contribution is -0.0703. The molecule has 106 valence electrons. The molecule has 4 nitrogen and oxygen atoms in total. The second-order valence-electron chi connectivity index (χ2n) is 4.71. The second-order valence-corrected chi connectivity index (χ2v) is 4.71. The van der Waals surface area contributed by atoms with E-state index in [0.29, 0.717) is 0 Å². The molecule has 1 aromatic carbocycles. The van der Waals surface area contributed by atoms with Gasteiger partial charge in [0.1, 0.15) is 12.6 Å². The molecular formula is C14H14F2N2O2. The first-order chi connectivity index (χ1) is 9.52. The van der Waals surface area contributed by atoms with E-state index in [1.54, 1.807) is 24.3 Å². The summed E-state index contributed by atoms with van der Waals surface area (Å²) < 4.78 is 31.7. The van der Waals surface area contributed by atoms with Crippen LogP contribution in [-0.4, -0.2) is 29.5 Å². The zero-order chi connectivity index (χ0) is 14.6. The van der Waals surface area contributed by atoms with Gasteiger partial charge in [0.2, 0.25) is 0 Å². The predicted molar refractivity (Wildman–Crippen MR) is 66.9 cm³/mol. The van der Waals surface area contributed by atoms with Crippen LogP contribution in [0.3, 0.4) is 0 Å². The number of rotatable bonds is 2. The number of hydrogen-bond acceptors (Lipinski definition) is 3. The van der Waals surface area contributed by atoms with Gasteiger partial charge in [0.05, 0.1) is 12.6 Å². The minimum atomic E-state index is -2.96. The van der Waals surface area contributed by atoms with E-state index < -0.39 is 24.6 Å². The smallest absolute Gasteiger partial charge is 0.411 e. The number of carbonyl (C=O) groups excluding carboxylic acids is 1. The fraction of sp³-hybridized carbons (Fsp3) is 0.429. The van der Waals surface area contributed by atoms with E-state index in [2.05, 4.69) is 0 Å². The molecule has 1 heterocycles. The number of halogens is 2. The van der Waals surface area contributed by atoms with Gasteiger partial charge in [-0.15, -0.1) is 0 Å². The average Bonchev–Trinajstić information content (AvgIpc) is 2.45. The highest BCUT2D eigenvalue weighted by Crippen LogP contribution is 2.30. The van der Waals surface area contributed by atoms with Crippen LogP contribution in [0.5, 0.6) is 0 Å². The van der Waals surface area contributed by atoms with Crippen molar-refractivity contribution in [1.82, 2.24) is 4.90 Å². The summed E-state index contributed by atoms with van der Waals surface area (Å²) in [6.07, 6.45) is -1.29. The summed E-state index contributed by atoms with van der Waals surface area (Å²) >= 11 is 0. The van der Waals surface area contributed by atoms with Crippen molar-refractivity contribution in [3.63, 3.8) is 0 Å². The summed E-state index contributed by atoms with van der Waals surface area (Å²) in [6, 6.07) is 9.94. The van der Waals surface area contributed by atoms with Crippen LogP contribution in [0.4, 0.5) is 13.6 Å². The average molecular weight is 280 g/mol. The van der Waals surface area contributed by atoms with Crippen molar-refractivity contribution in [3.8, 4) is 6.07 Å². The molecule has 0 aromatic heterocycles. The number of benzene rings is 1. The number of hydrogen-bond donors (Lipinski definition) is 0. The number of piperidine rings is 1. The fourth-order valence-corrected chi connectivity index (χ4v) is 2.07. The van der Waals surface area contributed by atoms with Crippen LogP contribution in [0.25, 0.3) is 0 Å². The Hall–Kier alpha value is -2.16. The highest BCUT2D eigenvalue weighted by Gasteiger charge is 2.42. The van der Waals surface area contributed by atoms with Crippen LogP contribution in [0.2, 0.25) is 0 Å². The lowest BCUT2D eigenvalue weighted by Crippen LogP contribution is -2.51. The molecule has 6 heteroatoms. The Balaban J connectivity index is 1.98. The molecule has 0 radical (unpaired) electrons. The third kappa shape index (κ3) is 3.44. The number of likely N-dealkylation sites (tertiary alicyclic amines) is 1. The van der Waals surface area contributed by atoms with Crippen LogP contribution < -0.4 is 0 Å². The molecule has 0 N–H and O–H groups in total. The van der Waals surface area contributed by atoms with Crippen LogP contribution >= 0.6 is 0 Å². The molecule has 1 fully saturated rings. The normalized spacial score (nSPS) is 21.1. The van der Waals surface area contributed by atoms with Crippen molar-refractivity contribution in [2.75, 3.05) is 6.54 Å². The summed E-state index contributed by atoms with van der Waals surface area (Å²) in [6.45, 7) is -0.765. The van der Waals surface area contributed by atoms with E-state index >= 15 is 0 Å². The maximum absolute atomic E-state index is 13.3. The van der Waals surface area contributed by atoms with Crippen LogP contribution in [-0.2, 0) is 11.3 Å². The summed E-state index contributed by atoms with van der Waals surface area (Å²) in [4.78, 5) is 12.7. The number of nitrogens with zero attached hydrogens (tertiary/aromatic N) is 2. The first kappa shape index (κ1) is 14.3. The quantitative estimate of drug-likeness (QED) is 0.837. The summed E-state index contributed by atoms with van der Waals surface area (Å²) in [5, 5.41) is 8.92. The summed E-state index contributed by atoms with van der Waals surface area (Å²) in [7, 11) is 0. The first-order valence-corrected chi connectivity index (χ1v) is 6.26. The zero-order valence-corrected chi connectivity index (χ0v) is 10.8. The van der Waals surface area contributed by atoms with E-state index in [-0.39, 0.29) is 19.4 Å². The van der Waals surface area contributed by atoms with E-state index in [1.807, 2.05) is 12.1 Å². The Morgan fingerprint density at radius 1 is 1.45 bits per heavy atom. The molecular weight excluding hydrogens is 266 g/mol. The van der Waals surface area contributed by atoms with Crippen LogP contribution in [0, 0.1) is 11.3 Å². The Bertz CT molecular complexity index is 514. The summed E-state index contributed by atoms with van der Waals surface area (Å²) in [5.74, 6) is -2.96. The molecule has 0 aliphatic carbocycles. The number of carbonyl (C=O) groups is 1. The molecule has 1 atom stereocenters. The molecule has 2 rings (SSSR count). The molecule has 0 spiro atoms. The lowest BCUT2D eigenvalue weighted by atomic mass is 10.0. The monoisotopic (exact) mass is 280 g/mol. The van der Waals surface area contributed by atoms with Gasteiger partial charge in [-0.2, -0.15) is 5.26 Å². The largest absolute Gasteiger partial charge is 0.445 e. The molecule has 0 saturated carbocycles. The molecule has 1 aromatic rings. The minimum absolute atomic E-state index is 0.000106. The molecule has 0 bridgehead atoms. The van der Waals surface area contributed by atoms with Gasteiger partial charge in [-0.25, -0.2) is 13.6 Å². The molecule has 20 heavy (non-hydrogen) atoms. The molecule has 1 aliphatic heterocycles. The standard InChI is InChI=1S/C14H14F2N2O2/c15-14(16)7-6-12(8-17)18(10-14)13(19)20-9-11-4-2-1-3-5-11/h1-5,12H,6-7,9-10H2. The number of ether oxygens (including phenoxy) is 1. The van der Waals surface area contributed by atoms with Gasteiger partial charge in [-0.05, 0) is 12.0 Å². The van der Waals surface area contributed by atoms with Gasteiger partial charge in [0, 0.05) is 6.42 Å². The van der Waals surface area contributed by atoms with Gasteiger partial charge in [0.25, 0.3) is 5.92 Å². The van der Waals surface area contributed by atoms with Crippen molar-refractivity contribution in [3.05, 3.63) is 35.9 Å². The zero-order valence-electron chi connectivity index (χ0n) is 10.8. The first-order valence-electron chi connectivity index (χ1n) is 6.26. The van der Waals surface area contributed by atoms with Crippen molar-refractivity contribution < 1.29 is 18.3 Å². The molecule has 1 amide bonds. The van der Waals surface area contributed by atoms with Gasteiger partial charge in [-0.1, -0.05) is 30.3 Å². The Morgan fingerprint density at radius 3 is 2.80 bits per heavy atom. The third-order valence-corrected chi connectivity index (χ3v) is 3.15. The van der Waals surface area contributed by atoms with Crippen LogP contribution in [0.15, 0.2) is 30.3 Å². The van der Waals surface area contributed by atoms with E-state index in [0.717, 1.165) is 10.5 Å². The fourth-order valence-electron chi connectivity index (χ4n) is 2.07. The second kappa shape index (κ2) is 5.87. The maximum Gasteiger partial charge on any atom is 0.411 e. The maximum atomic E-state index is 13.3. The lowest BCUT2D eigenvalue weighted by Gasteiger charge is -2.35. The van der Waals surface area contributed by atoms with E-state index in [9.17, 15) is 13.6 Å². The SMILES string of the molecule is N#CC1CCC(F)(F)CN1C(=O)OCc1ccccc1. The Labute approximate surface area is 115 Å². The van der Waals surface area contributed by atoms with E-state index in [1.165, 1.54) is 0 Å². The van der Waals surface area contributed by atoms with Crippen molar-refractivity contribution in [1.29, 1.82) is 5.26 Å². The Kier molecular flexibility index (Phi) is 4.18. The van der Waals surface area contributed by atoms with Gasteiger partial charge in [-0.3, -0.25) is 4.90 Å². The van der Waals surface area contributed by atoms with Gasteiger partial charge < -0.3 is 4.74 Å². The van der Waals surface area contributed by atoms with Crippen molar-refractivity contribution >= 4 is 6.09 Å². The topological polar surface area (TPSA) is 53.3 Å². The van der Waals surface area contributed by atoms with Crippen molar-refractivity contribution in [2.24, 2.45) is 0 Å². The summed E-state index contributed by atoms with van der Waals surface area (Å²) in [5.41, 5.74) is 0.762.